The number of hydrogen-bond donors (Lipinski definition) is 1. The lowest BCUT2D eigenvalue weighted by Gasteiger charge is -2.24. The Balaban J connectivity index is 0.000000370. The first-order valence-corrected chi connectivity index (χ1v) is 10.0. The summed E-state index contributed by atoms with van der Waals surface area (Å²) in [7, 11) is 1.93. The van der Waals surface area contributed by atoms with Gasteiger partial charge < -0.3 is 9.80 Å². The van der Waals surface area contributed by atoms with Gasteiger partial charge in [-0.1, -0.05) is 52.8 Å². The number of benzene rings is 1. The van der Waals surface area contributed by atoms with Gasteiger partial charge in [-0.25, -0.2) is 0 Å². The molecule has 0 bridgehead atoms. The normalized spacial score (nSPS) is 15.8. The summed E-state index contributed by atoms with van der Waals surface area (Å²) >= 11 is 0. The van der Waals surface area contributed by atoms with Crippen LogP contribution in [0.4, 0.5) is 11.4 Å². The highest BCUT2D eigenvalue weighted by Gasteiger charge is 2.38. The van der Waals surface area contributed by atoms with Crippen LogP contribution in [-0.2, 0) is 5.41 Å². The molecule has 6 heteroatoms. The van der Waals surface area contributed by atoms with Gasteiger partial charge in [0.1, 0.15) is 5.69 Å². The molecule has 0 saturated carbocycles. The lowest BCUT2D eigenvalue weighted by atomic mass is 9.83. The molecule has 0 aliphatic carbocycles. The largest absolute Gasteiger partial charge is 0.347 e. The van der Waals surface area contributed by atoms with E-state index >= 15 is 0 Å². The van der Waals surface area contributed by atoms with E-state index in [0.717, 1.165) is 16.9 Å². The lowest BCUT2D eigenvalue weighted by Crippen LogP contribution is -2.37. The Labute approximate surface area is 172 Å². The van der Waals surface area contributed by atoms with Gasteiger partial charge in [0.2, 0.25) is 5.43 Å². The first-order chi connectivity index (χ1) is 13.7. The minimum atomic E-state index is -0.635. The fraction of sp³-hybridized carbons (Fsp3) is 0.435. The van der Waals surface area contributed by atoms with Crippen LogP contribution < -0.4 is 21.1 Å². The molecule has 3 rings (SSSR count). The average molecular weight is 395 g/mol. The van der Waals surface area contributed by atoms with Crippen LogP contribution in [0.1, 0.15) is 45.7 Å². The van der Waals surface area contributed by atoms with E-state index in [-0.39, 0.29) is 16.7 Å². The van der Waals surface area contributed by atoms with Crippen LogP contribution in [-0.4, -0.2) is 31.6 Å². The highest BCUT2D eigenvalue weighted by Crippen LogP contribution is 2.47. The van der Waals surface area contributed by atoms with Crippen LogP contribution in [0, 0.1) is 11.5 Å². The van der Waals surface area contributed by atoms with Crippen LogP contribution in [0.15, 0.2) is 39.6 Å². The number of nitriles is 1. The van der Waals surface area contributed by atoms with Crippen LogP contribution in [0.5, 0.6) is 0 Å². The van der Waals surface area contributed by atoms with E-state index in [0.29, 0.717) is 0 Å². The molecule has 154 valence electrons. The van der Waals surface area contributed by atoms with Crippen molar-refractivity contribution in [2.24, 2.45) is 0 Å². The zero-order valence-corrected chi connectivity index (χ0v) is 18.2. The summed E-state index contributed by atoms with van der Waals surface area (Å²) in [6.07, 6.45) is 3.41. The Kier molecular flexibility index (Phi) is 6.99. The fourth-order valence-electron chi connectivity index (χ4n) is 3.79. The Bertz CT molecular complexity index is 997. The zero-order chi connectivity index (χ0) is 21.8. The lowest BCUT2D eigenvalue weighted by molar-refractivity contribution is 0.321. The Hall–Kier alpha value is -2.91. The number of allylic oxidation sites excluding steroid dienone is 1. The summed E-state index contributed by atoms with van der Waals surface area (Å²) in [6.45, 7) is 14.3. The number of fused-ring (bicyclic) bond motifs is 1. The van der Waals surface area contributed by atoms with Crippen LogP contribution in [0.3, 0.4) is 0 Å². The van der Waals surface area contributed by atoms with Gasteiger partial charge in [0.05, 0.1) is 5.56 Å². The molecule has 0 aromatic heterocycles. The maximum absolute atomic E-state index is 11.8. The third kappa shape index (κ3) is 4.10. The number of rotatable bonds is 5. The standard InChI is InChI=1S/C17H15N3O2.C6H15N/c1-17(2)11-6-4-5-7-12(11)20(3)13(17)8-10-14(19-9-18)16(22)15(10)21;1-4-7(5-2)6-3/h4-8,19H,1-3H3;4-6H2,1-3H3. The predicted octanol–water partition coefficient (Wildman–Crippen LogP) is 3.29. The van der Waals surface area contributed by atoms with E-state index in [1.165, 1.54) is 19.6 Å². The smallest absolute Gasteiger partial charge is 0.251 e. The van der Waals surface area contributed by atoms with Gasteiger partial charge in [-0.3, -0.25) is 14.9 Å². The van der Waals surface area contributed by atoms with Crippen molar-refractivity contribution in [2.75, 3.05) is 36.9 Å². The predicted molar refractivity (Wildman–Crippen MR) is 120 cm³/mol. The Morgan fingerprint density at radius 2 is 1.69 bits per heavy atom. The van der Waals surface area contributed by atoms with E-state index in [1.807, 2.05) is 30.1 Å². The van der Waals surface area contributed by atoms with Crippen molar-refractivity contribution in [2.45, 2.75) is 40.0 Å². The van der Waals surface area contributed by atoms with Crippen molar-refractivity contribution < 1.29 is 0 Å². The number of anilines is 2. The number of likely N-dealkylation sites (N-methyl/N-ethyl adjacent to an activating group) is 1. The summed E-state index contributed by atoms with van der Waals surface area (Å²) in [6, 6.07) is 8.03. The van der Waals surface area contributed by atoms with Gasteiger partial charge in [0, 0.05) is 23.8 Å². The summed E-state index contributed by atoms with van der Waals surface area (Å²) in [5.41, 5.74) is 2.05. The molecule has 6 nitrogen and oxygen atoms in total. The summed E-state index contributed by atoms with van der Waals surface area (Å²) < 4.78 is 0. The summed E-state index contributed by atoms with van der Waals surface area (Å²) in [5.74, 6) is 0. The van der Waals surface area contributed by atoms with Crippen LogP contribution in [0.25, 0.3) is 6.08 Å². The molecule has 0 saturated heterocycles. The molecule has 0 amide bonds. The number of nitrogens with zero attached hydrogens (tertiary/aromatic N) is 3. The first-order valence-electron chi connectivity index (χ1n) is 10.0. The van der Waals surface area contributed by atoms with E-state index in [2.05, 4.69) is 50.9 Å². The molecule has 1 N–H and O–H groups in total. The van der Waals surface area contributed by atoms with Gasteiger partial charge in [-0.2, -0.15) is 5.26 Å². The number of para-hydroxylation sites is 1. The van der Waals surface area contributed by atoms with Crippen molar-refractivity contribution in [3.63, 3.8) is 0 Å². The highest BCUT2D eigenvalue weighted by molar-refractivity contribution is 5.80. The molecule has 29 heavy (non-hydrogen) atoms. The Morgan fingerprint density at radius 3 is 2.17 bits per heavy atom. The van der Waals surface area contributed by atoms with Gasteiger partial charge in [0.15, 0.2) is 6.19 Å². The minimum absolute atomic E-state index is 0.0835. The fourth-order valence-corrected chi connectivity index (χ4v) is 3.79. The molecule has 1 heterocycles. The van der Waals surface area contributed by atoms with Crippen LogP contribution in [0.2, 0.25) is 0 Å². The van der Waals surface area contributed by atoms with Crippen molar-refractivity contribution in [1.29, 1.82) is 5.26 Å². The monoisotopic (exact) mass is 394 g/mol. The second kappa shape index (κ2) is 9.06. The van der Waals surface area contributed by atoms with Gasteiger partial charge in [0.25, 0.3) is 5.43 Å². The minimum Gasteiger partial charge on any atom is -0.347 e. The maximum atomic E-state index is 11.8. The Morgan fingerprint density at radius 1 is 1.10 bits per heavy atom. The number of hydrogen-bond acceptors (Lipinski definition) is 6. The molecule has 0 atom stereocenters. The SMILES string of the molecule is CCN(CC)CC.CN1C(=Cc2c(NC#N)c(=O)c2=O)C(C)(C)c2ccccc21. The zero-order valence-electron chi connectivity index (χ0n) is 18.2. The van der Waals surface area contributed by atoms with Crippen LogP contribution >= 0.6 is 0 Å². The molecule has 0 radical (unpaired) electrons. The molecule has 1 aliphatic heterocycles. The van der Waals surface area contributed by atoms with Gasteiger partial charge in [-0.05, 0) is 37.3 Å². The maximum Gasteiger partial charge on any atom is 0.251 e. The molecule has 0 spiro atoms. The third-order valence-electron chi connectivity index (χ3n) is 5.69. The second-order valence-electron chi connectivity index (χ2n) is 7.53. The first kappa shape index (κ1) is 22.4. The molecular weight excluding hydrogens is 364 g/mol. The average Bonchev–Trinajstić information content (AvgIpc) is 2.92. The molecule has 1 aliphatic rings. The van der Waals surface area contributed by atoms with Crippen molar-refractivity contribution in [3.8, 4) is 6.19 Å². The molecule has 2 aromatic carbocycles. The molecular formula is C23H30N4O2. The van der Waals surface area contributed by atoms with Gasteiger partial charge >= 0.3 is 0 Å². The van der Waals surface area contributed by atoms with E-state index in [4.69, 9.17) is 5.26 Å². The van der Waals surface area contributed by atoms with E-state index in [1.54, 1.807) is 12.3 Å². The number of nitrogens with one attached hydrogen (secondary N) is 1. The quantitative estimate of drug-likeness (QED) is 0.476. The summed E-state index contributed by atoms with van der Waals surface area (Å²) in [5, 5.41) is 11.0. The van der Waals surface area contributed by atoms with Crippen molar-refractivity contribution >= 4 is 17.5 Å². The highest BCUT2D eigenvalue weighted by atomic mass is 16.2. The van der Waals surface area contributed by atoms with Gasteiger partial charge in [-0.15, -0.1) is 0 Å². The van der Waals surface area contributed by atoms with Crippen molar-refractivity contribution in [3.05, 3.63) is 61.5 Å². The molecule has 0 unspecified atom stereocenters. The third-order valence-corrected chi connectivity index (χ3v) is 5.69. The second-order valence-corrected chi connectivity index (χ2v) is 7.53. The van der Waals surface area contributed by atoms with E-state index < -0.39 is 10.9 Å². The molecule has 2 aromatic rings. The topological polar surface area (TPSA) is 76.4 Å². The summed E-state index contributed by atoms with van der Waals surface area (Å²) in [4.78, 5) is 27.7. The molecule has 0 fully saturated rings. The van der Waals surface area contributed by atoms with Crippen molar-refractivity contribution in [1.82, 2.24) is 4.90 Å². The van der Waals surface area contributed by atoms with E-state index in [9.17, 15) is 9.59 Å².